The van der Waals surface area contributed by atoms with Gasteiger partial charge in [0.15, 0.2) is 0 Å². The average molecular weight is 279 g/mol. The Hall–Kier alpha value is -1.94. The quantitative estimate of drug-likeness (QED) is 0.909. The average Bonchev–Trinajstić information content (AvgIpc) is 2.30. The smallest absolute Gasteiger partial charge is 0.259 e. The van der Waals surface area contributed by atoms with Crippen molar-refractivity contribution in [1.82, 2.24) is 4.98 Å². The monoisotopic (exact) mass is 278 g/mol. The second-order valence-corrected chi connectivity index (χ2v) is 4.69. The Balaban J connectivity index is 2.28. The van der Waals surface area contributed by atoms with E-state index in [9.17, 15) is 9.18 Å². The molecule has 0 radical (unpaired) electrons. The zero-order valence-electron chi connectivity index (χ0n) is 10.5. The molecule has 98 valence electrons. The molecule has 1 heterocycles. The van der Waals surface area contributed by atoms with Gasteiger partial charge in [-0.1, -0.05) is 11.6 Å². The van der Waals surface area contributed by atoms with Crippen LogP contribution in [0.4, 0.5) is 10.2 Å². The number of hydrogen-bond donors (Lipinski definition) is 1. The molecule has 0 saturated heterocycles. The largest absolute Gasteiger partial charge is 0.306 e. The number of nitrogens with zero attached hydrogens (tertiary/aromatic N) is 1. The topological polar surface area (TPSA) is 42.0 Å². The van der Waals surface area contributed by atoms with E-state index in [0.717, 1.165) is 17.3 Å². The molecule has 3 nitrogen and oxygen atoms in total. The minimum atomic E-state index is -0.619. The molecule has 2 rings (SSSR count). The lowest BCUT2D eigenvalue weighted by Gasteiger charge is -2.07. The second-order valence-electron chi connectivity index (χ2n) is 4.25. The van der Waals surface area contributed by atoms with Crippen LogP contribution in [0.1, 0.15) is 21.6 Å². The van der Waals surface area contributed by atoms with Crippen molar-refractivity contribution in [3.05, 3.63) is 58.0 Å². The highest BCUT2D eigenvalue weighted by Crippen LogP contribution is 2.17. The second kappa shape index (κ2) is 5.36. The molecule has 5 heteroatoms. The lowest BCUT2D eigenvalue weighted by molar-refractivity contribution is 0.102. The Morgan fingerprint density at radius 3 is 2.68 bits per heavy atom. The molecule has 1 aromatic carbocycles. The van der Waals surface area contributed by atoms with Crippen molar-refractivity contribution in [3.63, 3.8) is 0 Å². The fourth-order valence-corrected chi connectivity index (χ4v) is 1.93. The number of aryl methyl sites for hydroxylation is 2. The highest BCUT2D eigenvalue weighted by atomic mass is 35.5. The zero-order valence-corrected chi connectivity index (χ0v) is 11.3. The Morgan fingerprint density at radius 1 is 1.26 bits per heavy atom. The third kappa shape index (κ3) is 3.29. The summed E-state index contributed by atoms with van der Waals surface area (Å²) in [5, 5.41) is 2.86. The molecule has 0 aliphatic rings. The van der Waals surface area contributed by atoms with E-state index < -0.39 is 11.7 Å². The first kappa shape index (κ1) is 13.5. The molecule has 0 saturated carbocycles. The first-order chi connectivity index (χ1) is 8.95. The number of carbonyl (C=O) groups excluding carboxylic acids is 1. The summed E-state index contributed by atoms with van der Waals surface area (Å²) in [5.41, 5.74) is 1.64. The summed E-state index contributed by atoms with van der Waals surface area (Å²) < 4.78 is 13.5. The predicted octanol–water partition coefficient (Wildman–Crippen LogP) is 3.74. The molecule has 0 atom stereocenters. The van der Waals surface area contributed by atoms with E-state index in [4.69, 9.17) is 11.6 Å². The summed E-state index contributed by atoms with van der Waals surface area (Å²) >= 11 is 5.75. The lowest BCUT2D eigenvalue weighted by atomic mass is 10.2. The third-order valence-electron chi connectivity index (χ3n) is 2.51. The standard InChI is InChI=1S/C14H12ClFN2O/c1-8-5-9(2)17-13(6-8)18-14(19)11-7-10(15)3-4-12(11)16/h3-7H,1-2H3,(H,17,18,19). The van der Waals surface area contributed by atoms with E-state index in [2.05, 4.69) is 10.3 Å². The van der Waals surface area contributed by atoms with Gasteiger partial charge in [-0.25, -0.2) is 9.37 Å². The molecule has 1 amide bonds. The van der Waals surface area contributed by atoms with Crippen molar-refractivity contribution >= 4 is 23.3 Å². The summed E-state index contributed by atoms with van der Waals surface area (Å²) in [6.45, 7) is 3.72. The molecule has 1 N–H and O–H groups in total. The van der Waals surface area contributed by atoms with Crippen molar-refractivity contribution in [1.29, 1.82) is 0 Å². The van der Waals surface area contributed by atoms with Crippen LogP contribution < -0.4 is 5.32 Å². The number of benzene rings is 1. The number of rotatable bonds is 2. The number of amides is 1. The van der Waals surface area contributed by atoms with Crippen molar-refractivity contribution < 1.29 is 9.18 Å². The maximum absolute atomic E-state index is 13.5. The number of hydrogen-bond acceptors (Lipinski definition) is 2. The van der Waals surface area contributed by atoms with E-state index >= 15 is 0 Å². The van der Waals surface area contributed by atoms with E-state index in [-0.39, 0.29) is 5.56 Å². The summed E-state index contributed by atoms with van der Waals surface area (Å²) in [4.78, 5) is 16.1. The minimum Gasteiger partial charge on any atom is -0.306 e. The normalized spacial score (nSPS) is 10.3. The molecule has 19 heavy (non-hydrogen) atoms. The lowest BCUT2D eigenvalue weighted by Crippen LogP contribution is -2.15. The fraction of sp³-hybridized carbons (Fsp3) is 0.143. The molecule has 0 aliphatic heterocycles. The number of halogens is 2. The van der Waals surface area contributed by atoms with Gasteiger partial charge in [-0.3, -0.25) is 4.79 Å². The summed E-state index contributed by atoms with van der Waals surface area (Å²) in [7, 11) is 0. The van der Waals surface area contributed by atoms with Gasteiger partial charge in [0.05, 0.1) is 5.56 Å². The van der Waals surface area contributed by atoms with Crippen LogP contribution in [-0.4, -0.2) is 10.9 Å². The maximum atomic E-state index is 13.5. The molecule has 0 unspecified atom stereocenters. The summed E-state index contributed by atoms with van der Waals surface area (Å²) in [6.07, 6.45) is 0. The first-order valence-corrected chi connectivity index (χ1v) is 6.05. The van der Waals surface area contributed by atoms with Gasteiger partial charge >= 0.3 is 0 Å². The van der Waals surface area contributed by atoms with Crippen LogP contribution in [0.5, 0.6) is 0 Å². The van der Waals surface area contributed by atoms with Gasteiger partial charge < -0.3 is 5.32 Å². The number of aromatic nitrogens is 1. The van der Waals surface area contributed by atoms with Gasteiger partial charge in [0.25, 0.3) is 5.91 Å². The van der Waals surface area contributed by atoms with Crippen molar-refractivity contribution in [2.75, 3.05) is 5.32 Å². The highest BCUT2D eigenvalue weighted by Gasteiger charge is 2.13. The van der Waals surface area contributed by atoms with Crippen LogP contribution in [0.25, 0.3) is 0 Å². The Labute approximate surface area is 115 Å². The molecule has 1 aromatic heterocycles. The van der Waals surface area contributed by atoms with Crippen LogP contribution in [0, 0.1) is 19.7 Å². The molecule has 0 fully saturated rings. The third-order valence-corrected chi connectivity index (χ3v) is 2.75. The van der Waals surface area contributed by atoms with Crippen molar-refractivity contribution in [2.45, 2.75) is 13.8 Å². The fourth-order valence-electron chi connectivity index (χ4n) is 1.76. The molecular weight excluding hydrogens is 267 g/mol. The SMILES string of the molecule is Cc1cc(C)nc(NC(=O)c2cc(Cl)ccc2F)c1. The molecular formula is C14H12ClFN2O. The number of nitrogens with one attached hydrogen (secondary N) is 1. The van der Waals surface area contributed by atoms with E-state index in [1.807, 2.05) is 19.9 Å². The van der Waals surface area contributed by atoms with Crippen molar-refractivity contribution in [2.24, 2.45) is 0 Å². The van der Waals surface area contributed by atoms with Crippen molar-refractivity contribution in [3.8, 4) is 0 Å². The predicted molar refractivity (Wildman–Crippen MR) is 73.1 cm³/mol. The van der Waals surface area contributed by atoms with E-state index in [1.54, 1.807) is 6.07 Å². The van der Waals surface area contributed by atoms with Crippen LogP contribution in [0.15, 0.2) is 30.3 Å². The number of anilines is 1. The Kier molecular flexibility index (Phi) is 3.81. The Bertz CT molecular complexity index is 623. The summed E-state index contributed by atoms with van der Waals surface area (Å²) in [6, 6.07) is 7.44. The van der Waals surface area contributed by atoms with Gasteiger partial charge in [-0.15, -0.1) is 0 Å². The van der Waals surface area contributed by atoms with Crippen LogP contribution >= 0.6 is 11.6 Å². The van der Waals surface area contributed by atoms with Crippen LogP contribution in [0.2, 0.25) is 5.02 Å². The minimum absolute atomic E-state index is 0.103. The number of pyridine rings is 1. The highest BCUT2D eigenvalue weighted by molar-refractivity contribution is 6.31. The van der Waals surface area contributed by atoms with E-state index in [1.165, 1.54) is 12.1 Å². The molecule has 2 aromatic rings. The summed E-state index contributed by atoms with van der Waals surface area (Å²) in [5.74, 6) is -0.800. The molecule has 0 spiro atoms. The van der Waals surface area contributed by atoms with Gasteiger partial charge in [0, 0.05) is 10.7 Å². The number of carbonyl (C=O) groups is 1. The van der Waals surface area contributed by atoms with Crippen LogP contribution in [-0.2, 0) is 0 Å². The van der Waals surface area contributed by atoms with Gasteiger partial charge in [0.1, 0.15) is 11.6 Å². The maximum Gasteiger partial charge on any atom is 0.259 e. The van der Waals surface area contributed by atoms with Gasteiger partial charge in [0.2, 0.25) is 0 Å². The molecule has 0 aliphatic carbocycles. The van der Waals surface area contributed by atoms with E-state index in [0.29, 0.717) is 10.8 Å². The molecule has 0 bridgehead atoms. The zero-order chi connectivity index (χ0) is 14.0. The van der Waals surface area contributed by atoms with Gasteiger partial charge in [-0.05, 0) is 49.7 Å². The van der Waals surface area contributed by atoms with Gasteiger partial charge in [-0.2, -0.15) is 0 Å². The Morgan fingerprint density at radius 2 is 2.00 bits per heavy atom. The first-order valence-electron chi connectivity index (χ1n) is 5.67. The van der Waals surface area contributed by atoms with Crippen LogP contribution in [0.3, 0.4) is 0 Å².